The summed E-state index contributed by atoms with van der Waals surface area (Å²) >= 11 is 5.90. The van der Waals surface area contributed by atoms with Crippen LogP contribution in [0.1, 0.15) is 37.6 Å². The monoisotopic (exact) mass is 288 g/mol. The van der Waals surface area contributed by atoms with Crippen molar-refractivity contribution in [1.82, 2.24) is 0 Å². The van der Waals surface area contributed by atoms with Crippen LogP contribution in [0.15, 0.2) is 18.2 Å². The van der Waals surface area contributed by atoms with E-state index in [1.165, 1.54) is 18.2 Å². The summed E-state index contributed by atoms with van der Waals surface area (Å²) in [6.07, 6.45) is -0.178. The highest BCUT2D eigenvalue weighted by Gasteiger charge is 2.24. The molecule has 0 bridgehead atoms. The van der Waals surface area contributed by atoms with Crippen LogP contribution in [0.3, 0.4) is 0 Å². The Morgan fingerprint density at radius 2 is 2.11 bits per heavy atom. The summed E-state index contributed by atoms with van der Waals surface area (Å²) in [6.45, 7) is 5.13. The van der Waals surface area contributed by atoms with Gasteiger partial charge in [0.25, 0.3) is 0 Å². The number of carbonyl (C=O) groups is 1. The molecule has 0 aliphatic heterocycles. The number of hydrogen-bond acceptors (Lipinski definition) is 4. The zero-order valence-electron chi connectivity index (χ0n) is 11.0. The number of hydrogen-bond donors (Lipinski definition) is 2. The van der Waals surface area contributed by atoms with Crippen molar-refractivity contribution in [2.75, 3.05) is 0 Å². The van der Waals surface area contributed by atoms with Crippen LogP contribution in [0.5, 0.6) is 5.75 Å². The van der Waals surface area contributed by atoms with Crippen LogP contribution in [-0.4, -0.2) is 27.9 Å². The Bertz CT molecular complexity index is 456. The molecule has 19 heavy (non-hydrogen) atoms. The van der Waals surface area contributed by atoms with E-state index in [0.29, 0.717) is 6.42 Å². The molecule has 0 amide bonds. The van der Waals surface area contributed by atoms with E-state index in [0.717, 1.165) is 0 Å². The molecular formula is C13H17ClO5. The van der Waals surface area contributed by atoms with Crippen molar-refractivity contribution in [2.45, 2.75) is 38.9 Å². The number of carboxylic acids is 1. The zero-order valence-corrected chi connectivity index (χ0v) is 11.8. The molecule has 0 fully saturated rings. The second kappa shape index (κ2) is 6.23. The zero-order chi connectivity index (χ0) is 14.6. The van der Waals surface area contributed by atoms with Crippen molar-refractivity contribution in [3.63, 3.8) is 0 Å². The second-order valence-corrected chi connectivity index (χ2v) is 5.28. The third-order valence-corrected chi connectivity index (χ3v) is 2.73. The summed E-state index contributed by atoms with van der Waals surface area (Å²) < 4.78 is 0. The standard InChI is InChI=1S/C13H17ClO5/c1-8(15)7-13(2,3)19-18-10-6-4-5-9(11(10)14)12(16)17/h4-6,8,15H,7H2,1-3H3,(H,16,17). The van der Waals surface area contributed by atoms with E-state index in [4.69, 9.17) is 26.5 Å². The summed E-state index contributed by atoms with van der Waals surface area (Å²) in [7, 11) is 0. The molecule has 0 spiro atoms. The normalized spacial score (nSPS) is 13.1. The molecule has 1 unspecified atom stereocenters. The number of carboxylic acid groups (broad SMARTS) is 1. The minimum absolute atomic E-state index is 0.0251. The van der Waals surface area contributed by atoms with Crippen LogP contribution in [-0.2, 0) is 4.89 Å². The minimum atomic E-state index is -1.14. The third-order valence-electron chi connectivity index (χ3n) is 2.34. The average Bonchev–Trinajstić information content (AvgIpc) is 2.25. The number of aliphatic hydroxyl groups is 1. The minimum Gasteiger partial charge on any atom is -0.478 e. The molecule has 1 aromatic carbocycles. The first-order valence-electron chi connectivity index (χ1n) is 5.78. The van der Waals surface area contributed by atoms with Gasteiger partial charge in [-0.3, -0.25) is 0 Å². The Kier molecular flexibility index (Phi) is 5.17. The number of benzene rings is 1. The molecule has 106 valence electrons. The van der Waals surface area contributed by atoms with E-state index >= 15 is 0 Å². The Morgan fingerprint density at radius 1 is 1.47 bits per heavy atom. The topological polar surface area (TPSA) is 76.0 Å². The van der Waals surface area contributed by atoms with Gasteiger partial charge in [0.1, 0.15) is 10.6 Å². The highest BCUT2D eigenvalue weighted by atomic mass is 35.5. The van der Waals surface area contributed by atoms with Crippen molar-refractivity contribution < 1.29 is 24.8 Å². The van der Waals surface area contributed by atoms with Gasteiger partial charge in [0.05, 0.1) is 11.7 Å². The van der Waals surface area contributed by atoms with Crippen molar-refractivity contribution in [3.8, 4) is 5.75 Å². The van der Waals surface area contributed by atoms with Crippen molar-refractivity contribution in [3.05, 3.63) is 28.8 Å². The lowest BCUT2D eigenvalue weighted by Crippen LogP contribution is -2.30. The SMILES string of the molecule is CC(O)CC(C)(C)OOc1cccc(C(=O)O)c1Cl. The Labute approximate surface area is 116 Å². The van der Waals surface area contributed by atoms with Crippen LogP contribution in [0.25, 0.3) is 0 Å². The molecule has 0 aromatic heterocycles. The first-order chi connectivity index (χ1) is 8.73. The molecular weight excluding hydrogens is 272 g/mol. The molecule has 6 heteroatoms. The summed E-state index contributed by atoms with van der Waals surface area (Å²) in [6, 6.07) is 4.39. The quantitative estimate of drug-likeness (QED) is 0.622. The summed E-state index contributed by atoms with van der Waals surface area (Å²) in [5, 5.41) is 18.2. The van der Waals surface area contributed by atoms with Crippen molar-refractivity contribution in [2.24, 2.45) is 0 Å². The van der Waals surface area contributed by atoms with Gasteiger partial charge < -0.3 is 15.1 Å². The maximum absolute atomic E-state index is 10.9. The first kappa shape index (κ1) is 15.8. The molecule has 1 atom stereocenters. The van der Waals surface area contributed by atoms with Crippen molar-refractivity contribution in [1.29, 1.82) is 0 Å². The predicted octanol–water partition coefficient (Wildman–Crippen LogP) is 2.90. The van der Waals surface area contributed by atoms with E-state index in [9.17, 15) is 9.90 Å². The van der Waals surface area contributed by atoms with Crippen LogP contribution < -0.4 is 4.89 Å². The maximum atomic E-state index is 10.9. The van der Waals surface area contributed by atoms with Gasteiger partial charge in [-0.1, -0.05) is 17.7 Å². The molecule has 1 rings (SSSR count). The van der Waals surface area contributed by atoms with E-state index in [2.05, 4.69) is 0 Å². The van der Waals surface area contributed by atoms with Gasteiger partial charge in [-0.2, -0.15) is 4.89 Å². The van der Waals surface area contributed by atoms with Gasteiger partial charge in [0, 0.05) is 6.42 Å². The molecule has 1 aromatic rings. The smallest absolute Gasteiger partial charge is 0.337 e. The summed E-state index contributed by atoms with van der Waals surface area (Å²) in [4.78, 5) is 21.2. The van der Waals surface area contributed by atoms with E-state index in [-0.39, 0.29) is 16.3 Å². The number of rotatable bonds is 6. The summed E-state index contributed by atoms with van der Waals surface area (Å²) in [5.74, 6) is -1.01. The van der Waals surface area contributed by atoms with Crippen molar-refractivity contribution >= 4 is 17.6 Å². The number of aliphatic hydroxyl groups excluding tert-OH is 1. The van der Waals surface area contributed by atoms with Gasteiger partial charge in [-0.15, -0.1) is 0 Å². The van der Waals surface area contributed by atoms with Gasteiger partial charge >= 0.3 is 5.97 Å². The highest BCUT2D eigenvalue weighted by Crippen LogP contribution is 2.30. The van der Waals surface area contributed by atoms with Crippen LogP contribution >= 0.6 is 11.6 Å². The van der Waals surface area contributed by atoms with Crippen LogP contribution in [0.4, 0.5) is 0 Å². The maximum Gasteiger partial charge on any atom is 0.337 e. The van der Waals surface area contributed by atoms with Gasteiger partial charge in [0.15, 0.2) is 5.75 Å². The van der Waals surface area contributed by atoms with Gasteiger partial charge in [-0.05, 0) is 32.9 Å². The highest BCUT2D eigenvalue weighted by molar-refractivity contribution is 6.34. The van der Waals surface area contributed by atoms with E-state index in [1.807, 2.05) is 0 Å². The number of halogens is 1. The third kappa shape index (κ3) is 4.70. The molecule has 0 saturated carbocycles. The molecule has 0 heterocycles. The fraction of sp³-hybridized carbons (Fsp3) is 0.462. The van der Waals surface area contributed by atoms with Crippen LogP contribution in [0, 0.1) is 0 Å². The molecule has 0 saturated heterocycles. The molecule has 0 aliphatic rings. The Morgan fingerprint density at radius 3 is 2.63 bits per heavy atom. The van der Waals surface area contributed by atoms with Crippen LogP contribution in [0.2, 0.25) is 5.02 Å². The number of aromatic carboxylic acids is 1. The molecule has 0 radical (unpaired) electrons. The lowest BCUT2D eigenvalue weighted by molar-refractivity contribution is -0.286. The molecule has 2 N–H and O–H groups in total. The predicted molar refractivity (Wildman–Crippen MR) is 70.5 cm³/mol. The summed E-state index contributed by atoms with van der Waals surface area (Å²) in [5.41, 5.74) is -0.785. The fourth-order valence-electron chi connectivity index (χ4n) is 1.64. The lowest BCUT2D eigenvalue weighted by Gasteiger charge is -2.24. The van der Waals surface area contributed by atoms with Gasteiger partial charge in [-0.25, -0.2) is 4.79 Å². The van der Waals surface area contributed by atoms with E-state index < -0.39 is 17.7 Å². The average molecular weight is 289 g/mol. The Balaban J connectivity index is 2.78. The Hall–Kier alpha value is -1.30. The lowest BCUT2D eigenvalue weighted by atomic mass is 10.0. The van der Waals surface area contributed by atoms with Gasteiger partial charge in [0.2, 0.25) is 0 Å². The largest absolute Gasteiger partial charge is 0.478 e. The first-order valence-corrected chi connectivity index (χ1v) is 6.16. The second-order valence-electron chi connectivity index (χ2n) is 4.90. The molecule has 0 aliphatic carbocycles. The fourth-order valence-corrected chi connectivity index (χ4v) is 1.88. The van der Waals surface area contributed by atoms with E-state index in [1.54, 1.807) is 20.8 Å². The molecule has 5 nitrogen and oxygen atoms in total.